The van der Waals surface area contributed by atoms with Crippen molar-refractivity contribution in [1.82, 2.24) is 4.90 Å². The highest BCUT2D eigenvalue weighted by Crippen LogP contribution is 2.33. The first-order valence-electron chi connectivity index (χ1n) is 6.71. The lowest BCUT2D eigenvalue weighted by Crippen LogP contribution is -2.22. The van der Waals surface area contributed by atoms with E-state index < -0.39 is 0 Å². The molecule has 1 aliphatic rings. The molecule has 3 rings (SSSR count). The fourth-order valence-electron chi connectivity index (χ4n) is 1.90. The van der Waals surface area contributed by atoms with Crippen LogP contribution in [-0.2, 0) is 10.5 Å². The molecule has 0 aliphatic carbocycles. The molecule has 0 unspecified atom stereocenters. The van der Waals surface area contributed by atoms with Crippen molar-refractivity contribution in [2.45, 2.75) is 10.8 Å². The molecule has 2 heterocycles. The second kappa shape index (κ2) is 7.13. The molecule has 2 aromatic rings. The van der Waals surface area contributed by atoms with E-state index in [1.807, 2.05) is 36.4 Å². The second-order valence-electron chi connectivity index (χ2n) is 4.81. The quantitative estimate of drug-likeness (QED) is 0.420. The average molecular weight is 382 g/mol. The molecule has 0 N–H and O–H groups in total. The molecule has 1 saturated heterocycles. The number of furan rings is 1. The molecule has 1 aromatic heterocycles. The Morgan fingerprint density at radius 2 is 2.04 bits per heavy atom. The standard InChI is InChI=1S/C16H12ClNO2S3/c1-18-15(19)13(23-16(18)21)8-12-6-7-14(20-12)22-9-10-2-4-11(17)5-3-10/h2-8H,9H2,1H3/b13-8-. The number of halogens is 1. The van der Waals surface area contributed by atoms with Gasteiger partial charge in [0.25, 0.3) is 5.91 Å². The van der Waals surface area contributed by atoms with Gasteiger partial charge in [0.05, 0.1) is 4.91 Å². The highest BCUT2D eigenvalue weighted by molar-refractivity contribution is 8.26. The Kier molecular flexibility index (Phi) is 5.16. The molecule has 7 heteroatoms. The maximum absolute atomic E-state index is 12.0. The molecule has 118 valence electrons. The van der Waals surface area contributed by atoms with Gasteiger partial charge < -0.3 is 4.42 Å². The van der Waals surface area contributed by atoms with Crippen LogP contribution in [0.25, 0.3) is 6.08 Å². The SMILES string of the molecule is CN1C(=O)/C(=C/c2ccc(SCc3ccc(Cl)cc3)o2)SC1=S. The number of hydrogen-bond donors (Lipinski definition) is 0. The number of rotatable bonds is 4. The summed E-state index contributed by atoms with van der Waals surface area (Å²) in [7, 11) is 1.67. The Bertz CT molecular complexity index is 783. The van der Waals surface area contributed by atoms with Gasteiger partial charge in [-0.3, -0.25) is 9.69 Å². The third kappa shape index (κ3) is 4.01. The van der Waals surface area contributed by atoms with E-state index in [0.29, 0.717) is 15.0 Å². The summed E-state index contributed by atoms with van der Waals surface area (Å²) in [5, 5.41) is 1.53. The largest absolute Gasteiger partial charge is 0.450 e. The summed E-state index contributed by atoms with van der Waals surface area (Å²) < 4.78 is 6.30. The van der Waals surface area contributed by atoms with Crippen LogP contribution in [0.2, 0.25) is 5.02 Å². The van der Waals surface area contributed by atoms with E-state index in [4.69, 9.17) is 28.2 Å². The lowest BCUT2D eigenvalue weighted by Gasteiger charge is -2.03. The summed E-state index contributed by atoms with van der Waals surface area (Å²) in [4.78, 5) is 14.0. The molecule has 1 aromatic carbocycles. The molecule has 0 radical (unpaired) electrons. The molecule has 0 bridgehead atoms. The van der Waals surface area contributed by atoms with Gasteiger partial charge in [0.1, 0.15) is 10.1 Å². The minimum absolute atomic E-state index is 0.0910. The second-order valence-corrected chi connectivity index (χ2v) is 7.90. The van der Waals surface area contributed by atoms with Gasteiger partial charge in [-0.15, -0.1) is 0 Å². The maximum Gasteiger partial charge on any atom is 0.266 e. The Morgan fingerprint density at radius 1 is 1.30 bits per heavy atom. The predicted octanol–water partition coefficient (Wildman–Crippen LogP) is 5.06. The third-order valence-corrected chi connectivity index (χ3v) is 5.87. The van der Waals surface area contributed by atoms with Crippen LogP contribution in [0.1, 0.15) is 11.3 Å². The van der Waals surface area contributed by atoms with Gasteiger partial charge in [-0.25, -0.2) is 0 Å². The molecule has 0 saturated carbocycles. The summed E-state index contributed by atoms with van der Waals surface area (Å²) in [5.41, 5.74) is 1.17. The Morgan fingerprint density at radius 3 is 2.70 bits per heavy atom. The first kappa shape index (κ1) is 16.6. The summed E-state index contributed by atoms with van der Waals surface area (Å²) >= 11 is 13.9. The van der Waals surface area contributed by atoms with Crippen molar-refractivity contribution in [2.75, 3.05) is 7.05 Å². The summed E-state index contributed by atoms with van der Waals surface area (Å²) in [5.74, 6) is 1.35. The van der Waals surface area contributed by atoms with E-state index in [9.17, 15) is 4.79 Å². The Labute approximate surface area is 153 Å². The van der Waals surface area contributed by atoms with Crippen LogP contribution in [0, 0.1) is 0 Å². The van der Waals surface area contributed by atoms with Gasteiger partial charge in [-0.2, -0.15) is 0 Å². The van der Waals surface area contributed by atoms with Crippen LogP contribution in [0.15, 0.2) is 50.8 Å². The lowest BCUT2D eigenvalue weighted by molar-refractivity contribution is -0.121. The number of likely N-dealkylation sites (N-methyl/N-ethyl adjacent to an activating group) is 1. The van der Waals surface area contributed by atoms with E-state index in [1.54, 1.807) is 24.9 Å². The van der Waals surface area contributed by atoms with Crippen molar-refractivity contribution in [3.63, 3.8) is 0 Å². The zero-order valence-corrected chi connectivity index (χ0v) is 15.3. The smallest absolute Gasteiger partial charge is 0.266 e. The highest BCUT2D eigenvalue weighted by atomic mass is 35.5. The van der Waals surface area contributed by atoms with Crippen molar-refractivity contribution in [2.24, 2.45) is 0 Å². The molecule has 23 heavy (non-hydrogen) atoms. The number of thioether (sulfide) groups is 2. The van der Waals surface area contributed by atoms with Gasteiger partial charge in [0, 0.05) is 23.9 Å². The number of nitrogens with zero attached hydrogens (tertiary/aromatic N) is 1. The fraction of sp³-hybridized carbons (Fsp3) is 0.125. The first-order valence-corrected chi connectivity index (χ1v) is 9.30. The van der Waals surface area contributed by atoms with Crippen LogP contribution in [0.4, 0.5) is 0 Å². The average Bonchev–Trinajstić information content (AvgIpc) is 3.08. The normalized spacial score (nSPS) is 16.6. The first-order chi connectivity index (χ1) is 11.0. The molecule has 1 aliphatic heterocycles. The van der Waals surface area contributed by atoms with Crippen molar-refractivity contribution >= 4 is 63.6 Å². The number of amides is 1. The molecule has 3 nitrogen and oxygen atoms in total. The summed E-state index contributed by atoms with van der Waals surface area (Å²) in [6.45, 7) is 0. The van der Waals surface area contributed by atoms with Crippen LogP contribution in [0.5, 0.6) is 0 Å². The predicted molar refractivity (Wildman–Crippen MR) is 101 cm³/mol. The topological polar surface area (TPSA) is 33.5 Å². The highest BCUT2D eigenvalue weighted by Gasteiger charge is 2.28. The van der Waals surface area contributed by atoms with Crippen molar-refractivity contribution in [3.05, 3.63) is 57.6 Å². The van der Waals surface area contributed by atoms with Crippen LogP contribution in [0.3, 0.4) is 0 Å². The molecule has 1 fully saturated rings. The minimum Gasteiger partial charge on any atom is -0.450 e. The number of carbonyl (C=O) groups is 1. The van der Waals surface area contributed by atoms with Gasteiger partial charge in [-0.05, 0) is 29.8 Å². The summed E-state index contributed by atoms with van der Waals surface area (Å²) in [6.07, 6.45) is 1.73. The van der Waals surface area contributed by atoms with Crippen molar-refractivity contribution in [3.8, 4) is 0 Å². The van der Waals surface area contributed by atoms with Crippen molar-refractivity contribution in [1.29, 1.82) is 0 Å². The monoisotopic (exact) mass is 381 g/mol. The van der Waals surface area contributed by atoms with E-state index in [1.165, 1.54) is 22.2 Å². The number of thiocarbonyl (C=S) groups is 1. The van der Waals surface area contributed by atoms with Crippen LogP contribution in [-0.4, -0.2) is 22.2 Å². The van der Waals surface area contributed by atoms with Crippen molar-refractivity contribution < 1.29 is 9.21 Å². The number of hydrogen-bond acceptors (Lipinski definition) is 5. The molecular formula is C16H12ClNO2S3. The molecular weight excluding hydrogens is 370 g/mol. The molecule has 1 amide bonds. The lowest BCUT2D eigenvalue weighted by atomic mass is 10.2. The Hall–Kier alpha value is -1.21. The van der Waals surface area contributed by atoms with Gasteiger partial charge in [0.2, 0.25) is 0 Å². The molecule has 0 atom stereocenters. The maximum atomic E-state index is 12.0. The third-order valence-electron chi connectivity index (χ3n) is 3.16. The van der Waals surface area contributed by atoms with E-state index in [2.05, 4.69) is 0 Å². The van der Waals surface area contributed by atoms with E-state index in [0.717, 1.165) is 15.9 Å². The van der Waals surface area contributed by atoms with Crippen LogP contribution >= 0.6 is 47.3 Å². The van der Waals surface area contributed by atoms with Crippen LogP contribution < -0.4 is 0 Å². The van der Waals surface area contributed by atoms with Gasteiger partial charge >= 0.3 is 0 Å². The van der Waals surface area contributed by atoms with E-state index in [-0.39, 0.29) is 5.91 Å². The molecule has 0 spiro atoms. The number of carbonyl (C=O) groups excluding carboxylic acids is 1. The minimum atomic E-state index is -0.0910. The zero-order chi connectivity index (χ0) is 16.4. The van der Waals surface area contributed by atoms with Gasteiger partial charge in [0.15, 0.2) is 5.09 Å². The Balaban J connectivity index is 1.65. The summed E-state index contributed by atoms with van der Waals surface area (Å²) in [6, 6.07) is 11.5. The zero-order valence-electron chi connectivity index (χ0n) is 12.1. The van der Waals surface area contributed by atoms with E-state index >= 15 is 0 Å². The number of benzene rings is 1. The van der Waals surface area contributed by atoms with Gasteiger partial charge in [-0.1, -0.05) is 59.5 Å². The fourth-order valence-corrected chi connectivity index (χ4v) is 4.01.